The molecule has 0 spiro atoms. The molecule has 1 saturated carbocycles. The SMILES string of the molecule is C1#CC2CCC2CC1. The zero-order valence-electron chi connectivity index (χ0n) is 4.98. The van der Waals surface area contributed by atoms with E-state index in [1.54, 1.807) is 0 Å². The molecule has 0 aromatic carbocycles. The number of hydrogen-bond acceptors (Lipinski definition) is 0. The van der Waals surface area contributed by atoms with Crippen molar-refractivity contribution >= 4 is 0 Å². The van der Waals surface area contributed by atoms with Crippen molar-refractivity contribution in [3.8, 4) is 11.8 Å². The highest BCUT2D eigenvalue weighted by atomic mass is 14.3. The minimum atomic E-state index is 0.823. The van der Waals surface area contributed by atoms with Crippen LogP contribution in [-0.4, -0.2) is 0 Å². The Labute approximate surface area is 50.3 Å². The van der Waals surface area contributed by atoms with Crippen LogP contribution in [0.25, 0.3) is 0 Å². The smallest absolute Gasteiger partial charge is 0.0231 e. The topological polar surface area (TPSA) is 0 Å². The minimum Gasteiger partial charge on any atom is -0.103 e. The molecule has 1 fully saturated rings. The van der Waals surface area contributed by atoms with Gasteiger partial charge in [-0.05, 0) is 25.2 Å². The second-order valence-electron chi connectivity index (χ2n) is 2.80. The van der Waals surface area contributed by atoms with E-state index in [1.165, 1.54) is 25.7 Å². The Bertz CT molecular complexity index is 147. The second kappa shape index (κ2) is 1.52. The van der Waals surface area contributed by atoms with E-state index in [9.17, 15) is 0 Å². The molecule has 2 aliphatic rings. The van der Waals surface area contributed by atoms with E-state index in [-0.39, 0.29) is 0 Å². The maximum Gasteiger partial charge on any atom is 0.0231 e. The van der Waals surface area contributed by atoms with Gasteiger partial charge in [0.2, 0.25) is 0 Å². The molecule has 0 bridgehead atoms. The van der Waals surface area contributed by atoms with Gasteiger partial charge in [-0.1, -0.05) is 5.92 Å². The fraction of sp³-hybridized carbons (Fsp3) is 0.750. The third-order valence-electron chi connectivity index (χ3n) is 2.35. The van der Waals surface area contributed by atoms with E-state index in [4.69, 9.17) is 0 Å². The third-order valence-corrected chi connectivity index (χ3v) is 2.35. The molecular formula is C8H10. The first kappa shape index (κ1) is 4.44. The highest BCUT2D eigenvalue weighted by Crippen LogP contribution is 2.38. The third kappa shape index (κ3) is 0.478. The van der Waals surface area contributed by atoms with Crippen LogP contribution in [0, 0.1) is 23.7 Å². The zero-order chi connectivity index (χ0) is 5.40. The van der Waals surface area contributed by atoms with Crippen LogP contribution in [0.4, 0.5) is 0 Å². The average Bonchev–Trinajstić information content (AvgIpc) is 1.72. The van der Waals surface area contributed by atoms with E-state index < -0.39 is 0 Å². The first-order valence-corrected chi connectivity index (χ1v) is 3.45. The van der Waals surface area contributed by atoms with Crippen molar-refractivity contribution < 1.29 is 0 Å². The summed E-state index contributed by atoms with van der Waals surface area (Å²) in [6.45, 7) is 0. The molecule has 0 aromatic rings. The van der Waals surface area contributed by atoms with Crippen molar-refractivity contribution in [1.29, 1.82) is 0 Å². The fourth-order valence-electron chi connectivity index (χ4n) is 1.57. The van der Waals surface area contributed by atoms with Gasteiger partial charge >= 0.3 is 0 Å². The molecule has 0 heteroatoms. The quantitative estimate of drug-likeness (QED) is 0.413. The van der Waals surface area contributed by atoms with Crippen LogP contribution in [0.15, 0.2) is 0 Å². The van der Waals surface area contributed by atoms with E-state index >= 15 is 0 Å². The Kier molecular flexibility index (Phi) is 0.842. The molecule has 2 unspecified atom stereocenters. The lowest BCUT2D eigenvalue weighted by Gasteiger charge is -2.34. The maximum atomic E-state index is 3.27. The summed E-state index contributed by atoms with van der Waals surface area (Å²) in [5, 5.41) is 0. The average molecular weight is 106 g/mol. The highest BCUT2D eigenvalue weighted by Gasteiger charge is 2.29. The molecule has 2 aliphatic carbocycles. The van der Waals surface area contributed by atoms with Gasteiger partial charge in [-0.2, -0.15) is 0 Å². The highest BCUT2D eigenvalue weighted by molar-refractivity contribution is 5.13. The minimum absolute atomic E-state index is 0.823. The van der Waals surface area contributed by atoms with E-state index in [1.807, 2.05) is 0 Å². The second-order valence-corrected chi connectivity index (χ2v) is 2.80. The van der Waals surface area contributed by atoms with Gasteiger partial charge in [0.05, 0.1) is 0 Å². The number of fused-ring (bicyclic) bond motifs is 1. The first-order chi connectivity index (χ1) is 3.97. The van der Waals surface area contributed by atoms with Crippen molar-refractivity contribution in [2.45, 2.75) is 25.7 Å². The molecule has 0 nitrogen and oxygen atoms in total. The lowest BCUT2D eigenvalue weighted by atomic mass is 9.70. The number of hydrogen-bond donors (Lipinski definition) is 0. The van der Waals surface area contributed by atoms with Gasteiger partial charge in [0.15, 0.2) is 0 Å². The van der Waals surface area contributed by atoms with Crippen molar-refractivity contribution in [2.24, 2.45) is 11.8 Å². The van der Waals surface area contributed by atoms with Gasteiger partial charge in [0, 0.05) is 12.3 Å². The molecular weight excluding hydrogens is 96.1 g/mol. The lowest BCUT2D eigenvalue weighted by molar-refractivity contribution is 0.217. The van der Waals surface area contributed by atoms with Crippen LogP contribution >= 0.6 is 0 Å². The Morgan fingerprint density at radius 2 is 2.12 bits per heavy atom. The summed E-state index contributed by atoms with van der Waals surface area (Å²) in [5.74, 6) is 8.27. The number of rotatable bonds is 0. The van der Waals surface area contributed by atoms with E-state index in [0.29, 0.717) is 0 Å². The Hall–Kier alpha value is -0.440. The van der Waals surface area contributed by atoms with Gasteiger partial charge < -0.3 is 0 Å². The van der Waals surface area contributed by atoms with Crippen molar-refractivity contribution in [3.05, 3.63) is 0 Å². The Morgan fingerprint density at radius 3 is 2.50 bits per heavy atom. The largest absolute Gasteiger partial charge is 0.103 e. The molecule has 0 N–H and O–H groups in total. The predicted octanol–water partition coefficient (Wildman–Crippen LogP) is 1.81. The van der Waals surface area contributed by atoms with Gasteiger partial charge in [-0.15, -0.1) is 5.92 Å². The zero-order valence-corrected chi connectivity index (χ0v) is 4.98. The lowest BCUT2D eigenvalue weighted by Crippen LogP contribution is -2.25. The molecule has 0 amide bonds. The van der Waals surface area contributed by atoms with Crippen LogP contribution in [-0.2, 0) is 0 Å². The van der Waals surface area contributed by atoms with E-state index in [0.717, 1.165) is 11.8 Å². The van der Waals surface area contributed by atoms with Gasteiger partial charge in [-0.25, -0.2) is 0 Å². The molecule has 0 aliphatic heterocycles. The monoisotopic (exact) mass is 106 g/mol. The Morgan fingerprint density at radius 1 is 1.12 bits per heavy atom. The molecule has 0 radical (unpaired) electrons. The summed E-state index contributed by atoms with van der Waals surface area (Å²) in [7, 11) is 0. The van der Waals surface area contributed by atoms with Crippen molar-refractivity contribution in [1.82, 2.24) is 0 Å². The van der Waals surface area contributed by atoms with E-state index in [2.05, 4.69) is 11.8 Å². The molecule has 8 heavy (non-hydrogen) atoms. The summed E-state index contributed by atoms with van der Waals surface area (Å²) >= 11 is 0. The van der Waals surface area contributed by atoms with Crippen molar-refractivity contribution in [2.75, 3.05) is 0 Å². The summed E-state index contributed by atoms with van der Waals surface area (Å²) in [6.07, 6.45) is 5.40. The summed E-state index contributed by atoms with van der Waals surface area (Å²) in [6, 6.07) is 0. The standard InChI is InChI=1S/C8H10/c1-2-4-8-6-5-7(8)3-1/h7-8H,1,3,5-6H2. The molecule has 42 valence electrons. The summed E-state index contributed by atoms with van der Waals surface area (Å²) in [5.41, 5.74) is 0. The molecule has 0 saturated heterocycles. The molecule has 0 heterocycles. The predicted molar refractivity (Wildman–Crippen MR) is 33.2 cm³/mol. The molecule has 2 rings (SSSR count). The van der Waals surface area contributed by atoms with Gasteiger partial charge in [-0.3, -0.25) is 0 Å². The normalized spacial score (nSPS) is 41.0. The molecule has 2 atom stereocenters. The maximum absolute atomic E-state index is 3.27. The fourth-order valence-corrected chi connectivity index (χ4v) is 1.57. The van der Waals surface area contributed by atoms with Crippen LogP contribution in [0.5, 0.6) is 0 Å². The van der Waals surface area contributed by atoms with Crippen LogP contribution in [0.3, 0.4) is 0 Å². The summed E-state index contributed by atoms with van der Waals surface area (Å²) in [4.78, 5) is 0. The Balaban J connectivity index is 2.14. The first-order valence-electron chi connectivity index (χ1n) is 3.45. The van der Waals surface area contributed by atoms with Gasteiger partial charge in [0.25, 0.3) is 0 Å². The van der Waals surface area contributed by atoms with Crippen LogP contribution in [0.2, 0.25) is 0 Å². The molecule has 0 aromatic heterocycles. The van der Waals surface area contributed by atoms with Crippen LogP contribution in [0.1, 0.15) is 25.7 Å². The van der Waals surface area contributed by atoms with Crippen molar-refractivity contribution in [3.63, 3.8) is 0 Å². The van der Waals surface area contributed by atoms with Crippen LogP contribution < -0.4 is 0 Å². The van der Waals surface area contributed by atoms with Gasteiger partial charge in [0.1, 0.15) is 0 Å². The summed E-state index contributed by atoms with van der Waals surface area (Å²) < 4.78 is 0.